The lowest BCUT2D eigenvalue weighted by atomic mass is 9.91. The first kappa shape index (κ1) is 11.3. The van der Waals surface area contributed by atoms with Crippen LogP contribution in [0.4, 0.5) is 0 Å². The van der Waals surface area contributed by atoms with Gasteiger partial charge in [0.2, 0.25) is 0 Å². The summed E-state index contributed by atoms with van der Waals surface area (Å²) in [6, 6.07) is 16.8. The summed E-state index contributed by atoms with van der Waals surface area (Å²) in [5.41, 5.74) is 3.81. The number of fused-ring (bicyclic) bond motifs is 3. The Kier molecular flexibility index (Phi) is 3.03. The zero-order valence-corrected chi connectivity index (χ0v) is 10.5. The van der Waals surface area contributed by atoms with Gasteiger partial charge >= 0.3 is 0 Å². The molecule has 1 N–H and O–H groups in total. The molecule has 0 aliphatic carbocycles. The van der Waals surface area contributed by atoms with Gasteiger partial charge in [0.25, 0.3) is 0 Å². The summed E-state index contributed by atoms with van der Waals surface area (Å²) in [7, 11) is 1.97. The molecule has 3 rings (SSSR count). The summed E-state index contributed by atoms with van der Waals surface area (Å²) in [4.78, 5) is 0. The average molecular weight is 239 g/mol. The number of benzene rings is 2. The van der Waals surface area contributed by atoms with Gasteiger partial charge in [0, 0.05) is 17.5 Å². The highest BCUT2D eigenvalue weighted by atomic mass is 16.5. The van der Waals surface area contributed by atoms with Crippen LogP contribution in [0.3, 0.4) is 0 Å². The van der Waals surface area contributed by atoms with E-state index in [1.165, 1.54) is 16.7 Å². The maximum Gasteiger partial charge on any atom is 0.128 e. The molecule has 0 spiro atoms. The van der Waals surface area contributed by atoms with E-state index >= 15 is 0 Å². The smallest absolute Gasteiger partial charge is 0.128 e. The van der Waals surface area contributed by atoms with E-state index in [0.29, 0.717) is 0 Å². The maximum atomic E-state index is 6.12. The van der Waals surface area contributed by atoms with E-state index in [0.717, 1.165) is 18.7 Å². The van der Waals surface area contributed by atoms with E-state index in [-0.39, 0.29) is 6.10 Å². The molecule has 1 aliphatic heterocycles. The minimum absolute atomic E-state index is 0.156. The molecule has 2 nitrogen and oxygen atoms in total. The van der Waals surface area contributed by atoms with E-state index in [1.807, 2.05) is 13.1 Å². The average Bonchev–Trinajstić information content (AvgIpc) is 2.45. The second-order valence-corrected chi connectivity index (χ2v) is 4.58. The summed E-state index contributed by atoms with van der Waals surface area (Å²) in [6.07, 6.45) is 1.14. The zero-order chi connectivity index (χ0) is 12.4. The Bertz CT molecular complexity index is 550. The van der Waals surface area contributed by atoms with E-state index in [4.69, 9.17) is 4.74 Å². The Morgan fingerprint density at radius 2 is 1.72 bits per heavy atom. The molecule has 0 saturated heterocycles. The molecule has 18 heavy (non-hydrogen) atoms. The van der Waals surface area contributed by atoms with Gasteiger partial charge in [-0.2, -0.15) is 0 Å². The molecule has 0 amide bonds. The molecule has 2 aromatic rings. The van der Waals surface area contributed by atoms with Gasteiger partial charge in [0.05, 0.1) is 0 Å². The SMILES string of the molecule is CNCCC1Oc2ccccc2-c2ccccc21. The molecule has 92 valence electrons. The first-order chi connectivity index (χ1) is 8.90. The number of hydrogen-bond donors (Lipinski definition) is 1. The van der Waals surface area contributed by atoms with Crippen LogP contribution in [0.25, 0.3) is 11.1 Å². The van der Waals surface area contributed by atoms with E-state index < -0.39 is 0 Å². The highest BCUT2D eigenvalue weighted by Crippen LogP contribution is 2.42. The molecule has 1 unspecified atom stereocenters. The van der Waals surface area contributed by atoms with Gasteiger partial charge in [-0.25, -0.2) is 0 Å². The number of para-hydroxylation sites is 1. The van der Waals surface area contributed by atoms with Gasteiger partial charge < -0.3 is 10.1 Å². The molecule has 0 bridgehead atoms. The van der Waals surface area contributed by atoms with Gasteiger partial charge in [0.15, 0.2) is 0 Å². The van der Waals surface area contributed by atoms with Crippen molar-refractivity contribution in [1.82, 2.24) is 5.32 Å². The molecule has 2 heteroatoms. The van der Waals surface area contributed by atoms with Gasteiger partial charge in [-0.3, -0.25) is 0 Å². The molecule has 0 aromatic heterocycles. The van der Waals surface area contributed by atoms with E-state index in [2.05, 4.69) is 47.8 Å². The van der Waals surface area contributed by atoms with Gasteiger partial charge in [-0.05, 0) is 25.2 Å². The fourth-order valence-electron chi connectivity index (χ4n) is 2.52. The second kappa shape index (κ2) is 4.83. The lowest BCUT2D eigenvalue weighted by molar-refractivity contribution is 0.191. The standard InChI is InChI=1S/C16H17NO/c1-17-11-10-16-14-7-3-2-6-12(14)13-8-4-5-9-15(13)18-16/h2-9,16-17H,10-11H2,1H3. The maximum absolute atomic E-state index is 6.12. The van der Waals surface area contributed by atoms with Crippen LogP contribution in [0.15, 0.2) is 48.5 Å². The van der Waals surface area contributed by atoms with Crippen molar-refractivity contribution in [2.45, 2.75) is 12.5 Å². The van der Waals surface area contributed by atoms with Crippen LogP contribution in [0.1, 0.15) is 18.1 Å². The summed E-state index contributed by atoms with van der Waals surface area (Å²) in [6.45, 7) is 0.959. The zero-order valence-electron chi connectivity index (χ0n) is 10.5. The molecular formula is C16H17NO. The lowest BCUT2D eigenvalue weighted by Gasteiger charge is -2.28. The van der Waals surface area contributed by atoms with Crippen LogP contribution >= 0.6 is 0 Å². The summed E-state index contributed by atoms with van der Waals surface area (Å²) in [5.74, 6) is 0.998. The van der Waals surface area contributed by atoms with Gasteiger partial charge in [0.1, 0.15) is 11.9 Å². The Hall–Kier alpha value is -1.80. The van der Waals surface area contributed by atoms with Gasteiger partial charge in [-0.15, -0.1) is 0 Å². The third-order valence-electron chi connectivity index (χ3n) is 3.41. The predicted molar refractivity (Wildman–Crippen MR) is 73.8 cm³/mol. The molecule has 0 saturated carbocycles. The third kappa shape index (κ3) is 1.89. The lowest BCUT2D eigenvalue weighted by Crippen LogP contribution is -2.19. The first-order valence-corrected chi connectivity index (χ1v) is 6.40. The van der Waals surface area contributed by atoms with Crippen molar-refractivity contribution >= 4 is 0 Å². The Morgan fingerprint density at radius 3 is 2.56 bits per heavy atom. The number of ether oxygens (including phenoxy) is 1. The van der Waals surface area contributed by atoms with Crippen LogP contribution in [0, 0.1) is 0 Å². The normalized spacial score (nSPS) is 16.6. The summed E-state index contributed by atoms with van der Waals surface area (Å²) >= 11 is 0. The molecule has 1 atom stereocenters. The monoisotopic (exact) mass is 239 g/mol. The molecular weight excluding hydrogens is 222 g/mol. The predicted octanol–water partition coefficient (Wildman–Crippen LogP) is 3.40. The highest BCUT2D eigenvalue weighted by Gasteiger charge is 2.24. The van der Waals surface area contributed by atoms with Crippen molar-refractivity contribution < 1.29 is 4.74 Å². The van der Waals surface area contributed by atoms with Gasteiger partial charge in [-0.1, -0.05) is 42.5 Å². The number of rotatable bonds is 3. The largest absolute Gasteiger partial charge is 0.485 e. The fourth-order valence-corrected chi connectivity index (χ4v) is 2.52. The minimum Gasteiger partial charge on any atom is -0.485 e. The summed E-state index contributed by atoms with van der Waals surface area (Å²) in [5, 5.41) is 3.19. The van der Waals surface area contributed by atoms with Crippen LogP contribution in [-0.4, -0.2) is 13.6 Å². The number of nitrogens with one attached hydrogen (secondary N) is 1. The first-order valence-electron chi connectivity index (χ1n) is 6.40. The Balaban J connectivity index is 2.05. The van der Waals surface area contributed by atoms with Crippen LogP contribution in [-0.2, 0) is 0 Å². The molecule has 1 aliphatic rings. The molecule has 0 fully saturated rings. The Morgan fingerprint density at radius 1 is 1.00 bits per heavy atom. The van der Waals surface area contributed by atoms with Crippen molar-refractivity contribution in [1.29, 1.82) is 0 Å². The molecule has 1 heterocycles. The van der Waals surface area contributed by atoms with Crippen molar-refractivity contribution in [3.8, 4) is 16.9 Å². The van der Waals surface area contributed by atoms with Crippen molar-refractivity contribution in [3.05, 3.63) is 54.1 Å². The molecule has 0 radical (unpaired) electrons. The third-order valence-corrected chi connectivity index (χ3v) is 3.41. The fraction of sp³-hybridized carbons (Fsp3) is 0.250. The summed E-state index contributed by atoms with van der Waals surface area (Å²) < 4.78 is 6.12. The van der Waals surface area contributed by atoms with Crippen LogP contribution in [0.2, 0.25) is 0 Å². The van der Waals surface area contributed by atoms with E-state index in [9.17, 15) is 0 Å². The van der Waals surface area contributed by atoms with Crippen molar-refractivity contribution in [2.24, 2.45) is 0 Å². The number of hydrogen-bond acceptors (Lipinski definition) is 2. The van der Waals surface area contributed by atoms with E-state index in [1.54, 1.807) is 0 Å². The van der Waals surface area contributed by atoms with Crippen molar-refractivity contribution in [2.75, 3.05) is 13.6 Å². The molecule has 2 aromatic carbocycles. The second-order valence-electron chi connectivity index (χ2n) is 4.58. The van der Waals surface area contributed by atoms with Crippen LogP contribution in [0.5, 0.6) is 5.75 Å². The quantitative estimate of drug-likeness (QED) is 0.886. The Labute approximate surface area is 108 Å². The van der Waals surface area contributed by atoms with Crippen LogP contribution < -0.4 is 10.1 Å². The minimum atomic E-state index is 0.156. The highest BCUT2D eigenvalue weighted by molar-refractivity contribution is 5.75. The topological polar surface area (TPSA) is 21.3 Å². The van der Waals surface area contributed by atoms with Crippen molar-refractivity contribution in [3.63, 3.8) is 0 Å².